The second kappa shape index (κ2) is 5.92. The molecule has 7 heteroatoms. The van der Waals surface area contributed by atoms with Crippen molar-refractivity contribution in [1.82, 2.24) is 4.90 Å². The van der Waals surface area contributed by atoms with E-state index < -0.39 is 5.54 Å². The molecule has 0 saturated carbocycles. The standard InChI is InChI=1S/C17H14Cl2N2O2S/c1-17(10-3-6-12(22)7-4-10)15(23)21(16(24)20(17)2)11-5-8-13(18)14(19)9-11/h3-9,22H,1-2H3. The highest BCUT2D eigenvalue weighted by molar-refractivity contribution is 7.80. The van der Waals surface area contributed by atoms with Gasteiger partial charge in [0.15, 0.2) is 5.11 Å². The molecule has 1 amide bonds. The van der Waals surface area contributed by atoms with Gasteiger partial charge < -0.3 is 10.0 Å². The summed E-state index contributed by atoms with van der Waals surface area (Å²) in [7, 11) is 1.77. The molecule has 1 aliphatic heterocycles. The van der Waals surface area contributed by atoms with Crippen LogP contribution < -0.4 is 4.90 Å². The fourth-order valence-corrected chi connectivity index (χ4v) is 3.41. The molecule has 0 bridgehead atoms. The quantitative estimate of drug-likeness (QED) is 0.793. The maximum Gasteiger partial charge on any atom is 0.263 e. The predicted octanol–water partition coefficient (Wildman–Crippen LogP) is 4.18. The van der Waals surface area contributed by atoms with Gasteiger partial charge in [-0.3, -0.25) is 9.69 Å². The van der Waals surface area contributed by atoms with Crippen molar-refractivity contribution < 1.29 is 9.90 Å². The smallest absolute Gasteiger partial charge is 0.263 e. The zero-order chi connectivity index (χ0) is 17.6. The number of likely N-dealkylation sites (N-methyl/N-ethyl adjacent to an activating group) is 1. The highest BCUT2D eigenvalue weighted by Crippen LogP contribution is 2.40. The Bertz CT molecular complexity index is 841. The molecule has 0 spiro atoms. The highest BCUT2D eigenvalue weighted by atomic mass is 35.5. The van der Waals surface area contributed by atoms with Crippen molar-refractivity contribution in [3.05, 3.63) is 58.1 Å². The Hall–Kier alpha value is -1.82. The molecule has 1 aliphatic rings. The molecule has 3 rings (SSSR count). The molecule has 1 N–H and O–H groups in total. The Morgan fingerprint density at radius 3 is 2.29 bits per heavy atom. The predicted molar refractivity (Wildman–Crippen MR) is 99.8 cm³/mol. The lowest BCUT2D eigenvalue weighted by molar-refractivity contribution is -0.124. The number of phenols is 1. The van der Waals surface area contributed by atoms with E-state index in [2.05, 4.69) is 0 Å². The molecule has 2 aromatic rings. The molecule has 2 aromatic carbocycles. The van der Waals surface area contributed by atoms with Gasteiger partial charge in [-0.2, -0.15) is 0 Å². The molecule has 1 fully saturated rings. The van der Waals surface area contributed by atoms with Crippen molar-refractivity contribution in [2.45, 2.75) is 12.5 Å². The van der Waals surface area contributed by atoms with Crippen molar-refractivity contribution in [2.75, 3.05) is 11.9 Å². The molecule has 1 saturated heterocycles. The first-order valence-corrected chi connectivity index (χ1v) is 8.30. The number of nitrogens with zero attached hydrogens (tertiary/aromatic N) is 2. The second-order valence-corrected chi connectivity index (χ2v) is 6.88. The van der Waals surface area contributed by atoms with Crippen LogP contribution in [0.25, 0.3) is 0 Å². The van der Waals surface area contributed by atoms with Crippen LogP contribution in [0.5, 0.6) is 5.75 Å². The summed E-state index contributed by atoms with van der Waals surface area (Å²) in [5.74, 6) is -0.0570. The average Bonchev–Trinajstić information content (AvgIpc) is 2.73. The molecule has 1 atom stereocenters. The van der Waals surface area contributed by atoms with Gasteiger partial charge >= 0.3 is 0 Å². The van der Waals surface area contributed by atoms with Crippen LogP contribution in [0.3, 0.4) is 0 Å². The Labute approximate surface area is 155 Å². The van der Waals surface area contributed by atoms with Crippen molar-refractivity contribution in [1.29, 1.82) is 0 Å². The van der Waals surface area contributed by atoms with Crippen LogP contribution in [0, 0.1) is 0 Å². The van der Waals surface area contributed by atoms with E-state index >= 15 is 0 Å². The van der Waals surface area contributed by atoms with E-state index in [9.17, 15) is 9.90 Å². The van der Waals surface area contributed by atoms with Crippen LogP contribution in [-0.2, 0) is 10.3 Å². The molecule has 1 heterocycles. The van der Waals surface area contributed by atoms with E-state index in [1.165, 1.54) is 4.90 Å². The van der Waals surface area contributed by atoms with E-state index in [-0.39, 0.29) is 11.7 Å². The topological polar surface area (TPSA) is 43.8 Å². The second-order valence-electron chi connectivity index (χ2n) is 5.70. The van der Waals surface area contributed by atoms with E-state index in [0.29, 0.717) is 20.8 Å². The summed E-state index contributed by atoms with van der Waals surface area (Å²) in [6, 6.07) is 11.5. The first kappa shape index (κ1) is 17.0. The molecule has 0 aromatic heterocycles. The van der Waals surface area contributed by atoms with E-state index in [1.54, 1.807) is 61.3 Å². The third kappa shape index (κ3) is 2.44. The van der Waals surface area contributed by atoms with Crippen molar-refractivity contribution in [3.63, 3.8) is 0 Å². The lowest BCUT2D eigenvalue weighted by Crippen LogP contribution is -2.42. The summed E-state index contributed by atoms with van der Waals surface area (Å²) in [6.45, 7) is 1.80. The molecular formula is C17H14Cl2N2O2S. The Morgan fingerprint density at radius 2 is 1.71 bits per heavy atom. The molecule has 124 valence electrons. The molecule has 1 unspecified atom stereocenters. The summed E-state index contributed by atoms with van der Waals surface area (Å²) in [5.41, 5.74) is 0.322. The van der Waals surface area contributed by atoms with Gasteiger partial charge in [-0.15, -0.1) is 0 Å². The maximum atomic E-state index is 13.2. The van der Waals surface area contributed by atoms with Gasteiger partial charge in [-0.1, -0.05) is 35.3 Å². The number of carbonyl (C=O) groups is 1. The number of hydrogen-bond donors (Lipinski definition) is 1. The molecular weight excluding hydrogens is 367 g/mol. The zero-order valence-corrected chi connectivity index (χ0v) is 15.3. The minimum atomic E-state index is -0.975. The zero-order valence-electron chi connectivity index (χ0n) is 13.0. The van der Waals surface area contributed by atoms with Crippen LogP contribution in [-0.4, -0.2) is 28.1 Å². The summed E-state index contributed by atoms with van der Waals surface area (Å²) < 4.78 is 0. The van der Waals surface area contributed by atoms with Crippen molar-refractivity contribution >= 4 is 52.1 Å². The SMILES string of the molecule is CN1C(=S)N(c2ccc(Cl)c(Cl)c2)C(=O)C1(C)c1ccc(O)cc1. The number of halogens is 2. The van der Waals surface area contributed by atoms with Gasteiger partial charge in [-0.25, -0.2) is 0 Å². The van der Waals surface area contributed by atoms with E-state index in [0.717, 1.165) is 5.56 Å². The van der Waals surface area contributed by atoms with E-state index in [4.69, 9.17) is 35.4 Å². The van der Waals surface area contributed by atoms with Gasteiger partial charge in [-0.05, 0) is 55.0 Å². The van der Waals surface area contributed by atoms with Crippen molar-refractivity contribution in [3.8, 4) is 5.75 Å². The fourth-order valence-electron chi connectivity index (χ4n) is 2.74. The highest BCUT2D eigenvalue weighted by Gasteiger charge is 2.52. The molecule has 0 aliphatic carbocycles. The average molecular weight is 381 g/mol. The van der Waals surface area contributed by atoms with Crippen LogP contribution in [0.2, 0.25) is 10.0 Å². The molecule has 0 radical (unpaired) electrons. The number of aromatic hydroxyl groups is 1. The van der Waals surface area contributed by atoms with Gasteiger partial charge in [0.1, 0.15) is 11.3 Å². The fraction of sp³-hybridized carbons (Fsp3) is 0.176. The number of benzene rings is 2. The summed E-state index contributed by atoms with van der Waals surface area (Å²) in [4.78, 5) is 16.4. The van der Waals surface area contributed by atoms with Gasteiger partial charge in [0.2, 0.25) is 0 Å². The number of carbonyl (C=O) groups excluding carboxylic acids is 1. The largest absolute Gasteiger partial charge is 0.508 e. The Morgan fingerprint density at radius 1 is 1.08 bits per heavy atom. The number of hydrogen-bond acceptors (Lipinski definition) is 3. The summed E-state index contributed by atoms with van der Waals surface area (Å²) in [5, 5.41) is 10.6. The van der Waals surface area contributed by atoms with Crippen LogP contribution >= 0.6 is 35.4 Å². The molecule has 24 heavy (non-hydrogen) atoms. The normalized spacial score (nSPS) is 20.8. The number of phenolic OH excluding ortho intramolecular Hbond substituents is 1. The summed E-state index contributed by atoms with van der Waals surface area (Å²) in [6.07, 6.45) is 0. The first-order valence-electron chi connectivity index (χ1n) is 7.13. The third-order valence-corrected chi connectivity index (χ3v) is 5.55. The number of thiocarbonyl (C=S) groups is 1. The minimum Gasteiger partial charge on any atom is -0.508 e. The van der Waals surface area contributed by atoms with Crippen LogP contribution in [0.4, 0.5) is 5.69 Å². The number of amides is 1. The first-order chi connectivity index (χ1) is 11.3. The van der Waals surface area contributed by atoms with Gasteiger partial charge in [0.05, 0.1) is 15.7 Å². The van der Waals surface area contributed by atoms with Gasteiger partial charge in [0.25, 0.3) is 5.91 Å². The van der Waals surface area contributed by atoms with E-state index in [1.807, 2.05) is 0 Å². The Kier molecular flexibility index (Phi) is 4.20. The van der Waals surface area contributed by atoms with Crippen LogP contribution in [0.15, 0.2) is 42.5 Å². The van der Waals surface area contributed by atoms with Crippen molar-refractivity contribution in [2.24, 2.45) is 0 Å². The minimum absolute atomic E-state index is 0.138. The third-order valence-electron chi connectivity index (χ3n) is 4.36. The lowest BCUT2D eigenvalue weighted by atomic mass is 9.90. The van der Waals surface area contributed by atoms with Crippen LogP contribution in [0.1, 0.15) is 12.5 Å². The number of anilines is 1. The monoisotopic (exact) mass is 380 g/mol. The Balaban J connectivity index is 2.09. The lowest BCUT2D eigenvalue weighted by Gasteiger charge is -2.30. The summed E-state index contributed by atoms with van der Waals surface area (Å²) >= 11 is 17.5. The maximum absolute atomic E-state index is 13.2. The number of rotatable bonds is 2. The van der Waals surface area contributed by atoms with Gasteiger partial charge in [0, 0.05) is 7.05 Å². The molecule has 4 nitrogen and oxygen atoms in total.